The fourth-order valence-electron chi connectivity index (χ4n) is 3.98. The van der Waals surface area contributed by atoms with Crippen molar-refractivity contribution in [3.8, 4) is 0 Å². The van der Waals surface area contributed by atoms with Crippen LogP contribution in [0.5, 0.6) is 0 Å². The van der Waals surface area contributed by atoms with E-state index in [-0.39, 0.29) is 11.7 Å². The number of piperidine rings is 1. The number of fused-ring (bicyclic) bond motifs is 1. The number of carbonyl (C=O) groups excluding carboxylic acids is 1. The summed E-state index contributed by atoms with van der Waals surface area (Å²) in [5, 5.41) is 0. The van der Waals surface area contributed by atoms with E-state index in [0.717, 1.165) is 30.4 Å². The predicted molar refractivity (Wildman–Crippen MR) is 90.1 cm³/mol. The van der Waals surface area contributed by atoms with Crippen LogP contribution in [-0.2, 0) is 27.5 Å². The normalized spacial score (nSPS) is 26.6. The molecule has 4 nitrogen and oxygen atoms in total. The summed E-state index contributed by atoms with van der Waals surface area (Å²) in [5.74, 6) is 0.393. The van der Waals surface area contributed by atoms with Gasteiger partial charge in [0.1, 0.15) is 0 Å². The Morgan fingerprint density at radius 2 is 1.87 bits per heavy atom. The first kappa shape index (κ1) is 16.5. The summed E-state index contributed by atoms with van der Waals surface area (Å²) in [6.45, 7) is 4.24. The van der Waals surface area contributed by atoms with E-state index in [1.807, 2.05) is 11.0 Å². The van der Waals surface area contributed by atoms with Gasteiger partial charge in [-0.3, -0.25) is 4.79 Å². The number of hydrogen-bond donors (Lipinski definition) is 0. The molecule has 0 spiro atoms. The van der Waals surface area contributed by atoms with Gasteiger partial charge in [-0.25, -0.2) is 8.42 Å². The lowest BCUT2D eigenvalue weighted by Gasteiger charge is -2.39. The Morgan fingerprint density at radius 1 is 1.17 bits per heavy atom. The average molecular weight is 335 g/mol. The summed E-state index contributed by atoms with van der Waals surface area (Å²) in [5.41, 5.74) is 1.80. The Labute approximate surface area is 138 Å². The number of carbonyl (C=O) groups is 1. The van der Waals surface area contributed by atoms with Gasteiger partial charge in [0, 0.05) is 12.1 Å². The molecule has 126 valence electrons. The van der Waals surface area contributed by atoms with E-state index >= 15 is 0 Å². The quantitative estimate of drug-likeness (QED) is 0.835. The lowest BCUT2D eigenvalue weighted by atomic mass is 9.96. The van der Waals surface area contributed by atoms with Gasteiger partial charge < -0.3 is 4.90 Å². The van der Waals surface area contributed by atoms with Gasteiger partial charge in [0.25, 0.3) is 0 Å². The van der Waals surface area contributed by atoms with Crippen LogP contribution in [0.15, 0.2) is 23.1 Å². The van der Waals surface area contributed by atoms with Crippen LogP contribution in [0.2, 0.25) is 0 Å². The van der Waals surface area contributed by atoms with E-state index in [9.17, 15) is 13.2 Å². The van der Waals surface area contributed by atoms with E-state index in [1.54, 1.807) is 12.1 Å². The fraction of sp³-hybridized carbons (Fsp3) is 0.611. The molecular weight excluding hydrogens is 310 g/mol. The van der Waals surface area contributed by atoms with Crippen molar-refractivity contribution in [1.82, 2.24) is 4.90 Å². The predicted octanol–water partition coefficient (Wildman–Crippen LogP) is 2.74. The van der Waals surface area contributed by atoms with E-state index in [1.165, 1.54) is 6.42 Å². The van der Waals surface area contributed by atoms with E-state index in [0.29, 0.717) is 29.8 Å². The molecule has 2 aliphatic rings. The van der Waals surface area contributed by atoms with Crippen molar-refractivity contribution in [3.05, 3.63) is 29.3 Å². The van der Waals surface area contributed by atoms with Gasteiger partial charge in [0.15, 0.2) is 9.84 Å². The number of rotatable bonds is 2. The summed E-state index contributed by atoms with van der Waals surface area (Å²) < 4.78 is 24.1. The van der Waals surface area contributed by atoms with Crippen molar-refractivity contribution in [2.75, 3.05) is 5.75 Å². The molecule has 0 N–H and O–H groups in total. The van der Waals surface area contributed by atoms with Gasteiger partial charge in [0.05, 0.1) is 17.1 Å². The van der Waals surface area contributed by atoms with Crippen molar-refractivity contribution in [3.63, 3.8) is 0 Å². The Kier molecular flexibility index (Phi) is 4.50. The highest BCUT2D eigenvalue weighted by molar-refractivity contribution is 7.91. The monoisotopic (exact) mass is 335 g/mol. The molecule has 2 aliphatic heterocycles. The molecule has 0 radical (unpaired) electrons. The largest absolute Gasteiger partial charge is 0.337 e. The molecule has 1 saturated heterocycles. The Morgan fingerprint density at radius 3 is 2.57 bits per heavy atom. The zero-order chi connectivity index (χ0) is 16.6. The molecule has 0 saturated carbocycles. The first-order valence-corrected chi connectivity index (χ1v) is 10.2. The van der Waals surface area contributed by atoms with Crippen LogP contribution in [0.1, 0.15) is 50.7 Å². The maximum Gasteiger partial charge on any atom is 0.227 e. The van der Waals surface area contributed by atoms with Crippen molar-refractivity contribution in [1.29, 1.82) is 0 Å². The van der Waals surface area contributed by atoms with E-state index in [4.69, 9.17) is 0 Å². The van der Waals surface area contributed by atoms with Crippen LogP contribution in [0.25, 0.3) is 0 Å². The van der Waals surface area contributed by atoms with Gasteiger partial charge >= 0.3 is 0 Å². The highest BCUT2D eigenvalue weighted by Gasteiger charge is 2.29. The van der Waals surface area contributed by atoms with Crippen LogP contribution in [-0.4, -0.2) is 37.1 Å². The smallest absolute Gasteiger partial charge is 0.227 e. The van der Waals surface area contributed by atoms with Crippen molar-refractivity contribution < 1.29 is 13.2 Å². The highest BCUT2D eigenvalue weighted by atomic mass is 32.2. The van der Waals surface area contributed by atoms with Crippen LogP contribution in [0, 0.1) is 0 Å². The second kappa shape index (κ2) is 6.27. The molecule has 0 aromatic heterocycles. The Hall–Kier alpha value is -1.36. The van der Waals surface area contributed by atoms with Gasteiger partial charge in [-0.15, -0.1) is 0 Å². The summed E-state index contributed by atoms with van der Waals surface area (Å²) in [6, 6.07) is 6.01. The first-order valence-electron chi connectivity index (χ1n) is 8.54. The lowest BCUT2D eigenvalue weighted by Crippen LogP contribution is -2.48. The molecule has 2 unspecified atom stereocenters. The third-order valence-corrected chi connectivity index (χ3v) is 7.05. The number of nitrogens with zero attached hydrogens (tertiary/aromatic N) is 1. The molecule has 1 amide bonds. The molecule has 2 atom stereocenters. The molecule has 0 bridgehead atoms. The minimum absolute atomic E-state index is 0.156. The first-order chi connectivity index (χ1) is 10.9. The molecular formula is C18H25NO3S. The molecule has 1 fully saturated rings. The summed E-state index contributed by atoms with van der Waals surface area (Å²) in [7, 11) is -3.12. The number of sulfone groups is 1. The van der Waals surface area contributed by atoms with Gasteiger partial charge in [-0.2, -0.15) is 0 Å². The summed E-state index contributed by atoms with van der Waals surface area (Å²) >= 11 is 0. The molecule has 2 heterocycles. The Bertz CT molecular complexity index is 701. The van der Waals surface area contributed by atoms with Crippen LogP contribution in [0.4, 0.5) is 0 Å². The van der Waals surface area contributed by atoms with Crippen molar-refractivity contribution >= 4 is 15.7 Å². The summed E-state index contributed by atoms with van der Waals surface area (Å²) in [6.07, 6.45) is 5.14. The summed E-state index contributed by atoms with van der Waals surface area (Å²) in [4.78, 5) is 15.2. The zero-order valence-electron chi connectivity index (χ0n) is 13.9. The minimum atomic E-state index is -3.12. The minimum Gasteiger partial charge on any atom is -0.337 e. The lowest BCUT2D eigenvalue weighted by molar-refractivity contribution is -0.136. The van der Waals surface area contributed by atoms with Crippen LogP contribution < -0.4 is 0 Å². The van der Waals surface area contributed by atoms with Gasteiger partial charge in [-0.05, 0) is 63.1 Å². The zero-order valence-corrected chi connectivity index (χ0v) is 14.7. The van der Waals surface area contributed by atoms with E-state index in [2.05, 4.69) is 13.8 Å². The standard InChI is InChI=1S/C18H25NO3S/c1-13-5-3-6-14(2)19(13)18(20)12-15-8-9-17-16(11-15)7-4-10-23(17,21)22/h8-9,11,13-14H,3-7,10,12H2,1-2H3. The maximum absolute atomic E-state index is 12.7. The maximum atomic E-state index is 12.7. The van der Waals surface area contributed by atoms with Gasteiger partial charge in [-0.1, -0.05) is 12.1 Å². The Balaban J connectivity index is 1.79. The highest BCUT2D eigenvalue weighted by Crippen LogP contribution is 2.27. The number of benzene rings is 1. The third-order valence-electron chi connectivity index (χ3n) is 5.16. The second-order valence-electron chi connectivity index (χ2n) is 6.97. The van der Waals surface area contributed by atoms with E-state index < -0.39 is 9.84 Å². The number of likely N-dealkylation sites (tertiary alicyclic amines) is 1. The second-order valence-corrected chi connectivity index (χ2v) is 9.05. The molecule has 1 aromatic carbocycles. The molecule has 23 heavy (non-hydrogen) atoms. The number of aryl methyl sites for hydroxylation is 1. The number of hydrogen-bond acceptors (Lipinski definition) is 3. The van der Waals surface area contributed by atoms with Crippen molar-refractivity contribution in [2.45, 2.75) is 69.4 Å². The number of amides is 1. The van der Waals surface area contributed by atoms with Crippen LogP contribution in [0.3, 0.4) is 0 Å². The average Bonchev–Trinajstić information content (AvgIpc) is 2.46. The van der Waals surface area contributed by atoms with Crippen LogP contribution >= 0.6 is 0 Å². The molecule has 3 rings (SSSR count). The van der Waals surface area contributed by atoms with Gasteiger partial charge in [0.2, 0.25) is 5.91 Å². The fourth-order valence-corrected chi connectivity index (χ4v) is 5.56. The SMILES string of the molecule is CC1CCCC(C)N1C(=O)Cc1ccc2c(c1)CCCS2(=O)=O. The van der Waals surface area contributed by atoms with Crippen molar-refractivity contribution in [2.24, 2.45) is 0 Å². The molecule has 0 aliphatic carbocycles. The molecule has 1 aromatic rings. The third kappa shape index (κ3) is 3.30. The molecule has 5 heteroatoms. The topological polar surface area (TPSA) is 54.5 Å².